The number of allylic oxidation sites excluding steroid dienone is 2. The Labute approximate surface area is 192 Å². The Balaban J connectivity index is 1.55. The van der Waals surface area contributed by atoms with E-state index >= 15 is 0 Å². The van der Waals surface area contributed by atoms with E-state index < -0.39 is 11.5 Å². The van der Waals surface area contributed by atoms with Gasteiger partial charge in [-0.15, -0.1) is 0 Å². The number of rotatable bonds is 4. The number of benzene rings is 2. The summed E-state index contributed by atoms with van der Waals surface area (Å²) in [5.74, 6) is -0.999. The number of hydrogen-bond acceptors (Lipinski definition) is 4. The molecular weight excluding hydrogens is 426 g/mol. The second-order valence-corrected chi connectivity index (χ2v) is 8.40. The van der Waals surface area contributed by atoms with Gasteiger partial charge >= 0.3 is 0 Å². The van der Waals surface area contributed by atoms with Crippen molar-refractivity contribution in [3.05, 3.63) is 89.0 Å². The molecule has 2 aromatic carbocycles. The molecule has 2 N–H and O–H groups in total. The predicted octanol–water partition coefficient (Wildman–Crippen LogP) is 2.98. The Morgan fingerprint density at radius 1 is 1.03 bits per heavy atom. The van der Waals surface area contributed by atoms with Crippen LogP contribution in [0.15, 0.2) is 72.8 Å². The average Bonchev–Trinajstić information content (AvgIpc) is 2.84. The number of nitrogens with one attached hydrogen (secondary N) is 1. The Morgan fingerprint density at radius 2 is 1.72 bits per heavy atom. The van der Waals surface area contributed by atoms with Crippen LogP contribution in [0.25, 0.3) is 0 Å². The number of halogens is 1. The van der Waals surface area contributed by atoms with E-state index in [1.807, 2.05) is 29.2 Å². The second kappa shape index (κ2) is 9.18. The summed E-state index contributed by atoms with van der Waals surface area (Å²) in [5.41, 5.74) is 0.695. The van der Waals surface area contributed by atoms with Crippen LogP contribution in [0.4, 0.5) is 5.69 Å². The summed E-state index contributed by atoms with van der Waals surface area (Å²) in [6.07, 6.45) is 6.93. The van der Waals surface area contributed by atoms with Crippen LogP contribution in [0, 0.1) is 5.92 Å². The maximum atomic E-state index is 12.8. The molecule has 2 atom stereocenters. The maximum Gasteiger partial charge on any atom is 0.253 e. The number of amides is 2. The van der Waals surface area contributed by atoms with Crippen molar-refractivity contribution in [1.29, 1.82) is 0 Å². The highest BCUT2D eigenvalue weighted by atomic mass is 35.5. The van der Waals surface area contributed by atoms with Gasteiger partial charge in [-0.05, 0) is 36.4 Å². The van der Waals surface area contributed by atoms with Crippen molar-refractivity contribution in [3.8, 4) is 0 Å². The second-order valence-electron chi connectivity index (χ2n) is 7.96. The van der Waals surface area contributed by atoms with Crippen molar-refractivity contribution in [2.75, 3.05) is 38.1 Å². The van der Waals surface area contributed by atoms with Gasteiger partial charge in [0.05, 0.1) is 5.92 Å². The molecule has 0 bridgehead atoms. The molecule has 1 saturated heterocycles. The summed E-state index contributed by atoms with van der Waals surface area (Å²) in [6, 6.07) is 14.5. The molecule has 32 heavy (non-hydrogen) atoms. The molecule has 166 valence electrons. The number of nitrogens with zero attached hydrogens (tertiary/aromatic N) is 2. The minimum Gasteiger partial charge on any atom is -0.380 e. The maximum absolute atomic E-state index is 12.8. The third-order valence-corrected chi connectivity index (χ3v) is 6.35. The number of hydrogen-bond donors (Lipinski definition) is 2. The van der Waals surface area contributed by atoms with Crippen LogP contribution >= 0.6 is 11.6 Å². The van der Waals surface area contributed by atoms with Crippen molar-refractivity contribution in [2.45, 2.75) is 5.60 Å². The van der Waals surface area contributed by atoms with Crippen LogP contribution in [-0.2, 0) is 10.4 Å². The third-order valence-electron chi connectivity index (χ3n) is 6.10. The first-order valence-corrected chi connectivity index (χ1v) is 11.0. The smallest absolute Gasteiger partial charge is 0.253 e. The highest BCUT2D eigenvalue weighted by Crippen LogP contribution is 2.40. The van der Waals surface area contributed by atoms with Crippen LogP contribution < -0.4 is 10.2 Å². The van der Waals surface area contributed by atoms with Gasteiger partial charge in [0.1, 0.15) is 5.60 Å². The van der Waals surface area contributed by atoms with Gasteiger partial charge in [-0.25, -0.2) is 0 Å². The van der Waals surface area contributed by atoms with Crippen molar-refractivity contribution in [1.82, 2.24) is 10.2 Å². The largest absolute Gasteiger partial charge is 0.380 e. The van der Waals surface area contributed by atoms with Crippen molar-refractivity contribution in [2.24, 2.45) is 5.92 Å². The average molecular weight is 452 g/mol. The quantitative estimate of drug-likeness (QED) is 0.749. The fourth-order valence-corrected chi connectivity index (χ4v) is 4.47. The number of carbonyl (C=O) groups is 2. The van der Waals surface area contributed by atoms with E-state index in [0.29, 0.717) is 42.3 Å². The van der Waals surface area contributed by atoms with Gasteiger partial charge in [-0.2, -0.15) is 0 Å². The summed E-state index contributed by atoms with van der Waals surface area (Å²) in [5, 5.41) is 14.9. The van der Waals surface area contributed by atoms with Gasteiger partial charge in [0, 0.05) is 55.1 Å². The molecule has 4 rings (SSSR count). The minimum absolute atomic E-state index is 0.0201. The number of anilines is 1. The van der Waals surface area contributed by atoms with Gasteiger partial charge < -0.3 is 20.2 Å². The molecule has 2 aliphatic rings. The molecule has 6 nitrogen and oxygen atoms in total. The van der Waals surface area contributed by atoms with Crippen LogP contribution in [0.2, 0.25) is 5.02 Å². The van der Waals surface area contributed by atoms with E-state index in [4.69, 9.17) is 11.6 Å². The lowest BCUT2D eigenvalue weighted by atomic mass is 9.77. The molecule has 1 aliphatic carbocycles. The lowest BCUT2D eigenvalue weighted by molar-refractivity contribution is -0.129. The van der Waals surface area contributed by atoms with Crippen molar-refractivity contribution >= 4 is 29.1 Å². The molecule has 1 fully saturated rings. The summed E-state index contributed by atoms with van der Waals surface area (Å²) in [6.45, 7) is 2.36. The molecule has 0 saturated carbocycles. The Hall–Kier alpha value is -3.09. The number of para-hydroxylation sites is 1. The van der Waals surface area contributed by atoms with E-state index in [-0.39, 0.29) is 11.8 Å². The standard InChI is InChI=1S/C25H26ClN3O3/c1-27-23(30)21-7-4-5-13-25(21,32)20-6-2-3-8-22(20)28-14-16-29(17-15-28)24(31)18-9-11-19(26)12-10-18/h2-13,21,32H,14-17H2,1H3,(H,27,30). The van der Waals surface area contributed by atoms with Crippen LogP contribution in [-0.4, -0.2) is 55.0 Å². The third kappa shape index (κ3) is 4.16. The zero-order valence-electron chi connectivity index (χ0n) is 17.9. The number of piperazine rings is 1. The first-order chi connectivity index (χ1) is 15.4. The monoisotopic (exact) mass is 451 g/mol. The molecular formula is C25H26ClN3O3. The summed E-state index contributed by atoms with van der Waals surface area (Å²) >= 11 is 5.93. The van der Waals surface area contributed by atoms with Crippen molar-refractivity contribution in [3.63, 3.8) is 0 Å². The highest BCUT2D eigenvalue weighted by molar-refractivity contribution is 6.30. The van der Waals surface area contributed by atoms with E-state index in [1.165, 1.54) is 0 Å². The Kier molecular flexibility index (Phi) is 6.35. The fraction of sp³-hybridized carbons (Fsp3) is 0.280. The van der Waals surface area contributed by atoms with Crippen molar-refractivity contribution < 1.29 is 14.7 Å². The van der Waals surface area contributed by atoms with Gasteiger partial charge in [-0.3, -0.25) is 9.59 Å². The van der Waals surface area contributed by atoms with Gasteiger partial charge in [0.25, 0.3) is 5.91 Å². The first kappa shape index (κ1) is 22.1. The Bertz CT molecular complexity index is 1060. The minimum atomic E-state index is -1.46. The van der Waals surface area contributed by atoms with Gasteiger partial charge in [0.15, 0.2) is 0 Å². The van der Waals surface area contributed by atoms with E-state index in [0.717, 1.165) is 5.69 Å². The molecule has 0 spiro atoms. The predicted molar refractivity (Wildman–Crippen MR) is 126 cm³/mol. The van der Waals surface area contributed by atoms with Gasteiger partial charge in [0.2, 0.25) is 5.91 Å². The fourth-order valence-electron chi connectivity index (χ4n) is 4.34. The lowest BCUT2D eigenvalue weighted by Gasteiger charge is -2.40. The molecule has 0 aromatic heterocycles. The van der Waals surface area contributed by atoms with Gasteiger partial charge in [-0.1, -0.05) is 48.0 Å². The Morgan fingerprint density at radius 3 is 2.41 bits per heavy atom. The van der Waals surface area contributed by atoms with E-state index in [9.17, 15) is 14.7 Å². The molecule has 0 radical (unpaired) electrons. The van der Waals surface area contributed by atoms with Crippen LogP contribution in [0.3, 0.4) is 0 Å². The zero-order valence-corrected chi connectivity index (χ0v) is 18.6. The topological polar surface area (TPSA) is 72.9 Å². The summed E-state index contributed by atoms with van der Waals surface area (Å²) < 4.78 is 0. The summed E-state index contributed by atoms with van der Waals surface area (Å²) in [4.78, 5) is 29.3. The molecule has 2 aromatic rings. The van der Waals surface area contributed by atoms with E-state index in [1.54, 1.807) is 55.6 Å². The van der Waals surface area contributed by atoms with Crippen LogP contribution in [0.5, 0.6) is 0 Å². The highest BCUT2D eigenvalue weighted by Gasteiger charge is 2.42. The number of carbonyl (C=O) groups excluding carboxylic acids is 2. The van der Waals surface area contributed by atoms with E-state index in [2.05, 4.69) is 10.2 Å². The zero-order chi connectivity index (χ0) is 22.7. The molecule has 2 unspecified atom stereocenters. The SMILES string of the molecule is CNC(=O)C1C=CC=CC1(O)c1ccccc1N1CCN(C(=O)c2ccc(Cl)cc2)CC1. The molecule has 1 aliphatic heterocycles. The lowest BCUT2D eigenvalue weighted by Crippen LogP contribution is -2.50. The molecule has 7 heteroatoms. The summed E-state index contributed by atoms with van der Waals surface area (Å²) in [7, 11) is 1.57. The molecule has 1 heterocycles. The first-order valence-electron chi connectivity index (χ1n) is 10.6. The normalized spacial score (nSPS) is 22.7. The number of aliphatic hydroxyl groups is 1. The molecule has 2 amide bonds. The van der Waals surface area contributed by atoms with Crippen LogP contribution in [0.1, 0.15) is 15.9 Å².